The minimum atomic E-state index is -4.47. The summed E-state index contributed by atoms with van der Waals surface area (Å²) in [7, 11) is 0. The molecule has 1 unspecified atom stereocenters. The molecule has 3 aromatic rings. The normalized spacial score (nSPS) is 17.0. The van der Waals surface area contributed by atoms with Crippen molar-refractivity contribution in [2.45, 2.75) is 26.1 Å². The molecule has 1 atom stereocenters. The summed E-state index contributed by atoms with van der Waals surface area (Å²) in [5, 5.41) is 7.98. The molecular formula is C22H18F3N3OS. The predicted molar refractivity (Wildman–Crippen MR) is 111 cm³/mol. The molecule has 1 aliphatic rings. The highest BCUT2D eigenvalue weighted by Crippen LogP contribution is 2.39. The molecule has 0 aliphatic carbocycles. The Morgan fingerprint density at radius 2 is 1.80 bits per heavy atom. The molecule has 2 N–H and O–H groups in total. The first-order valence-corrected chi connectivity index (χ1v) is 10.1. The van der Waals surface area contributed by atoms with Gasteiger partial charge >= 0.3 is 12.2 Å². The Labute approximate surface area is 175 Å². The SMILES string of the molecule is CC1=C(c2nc(-c3ccc(C)cc3)cs2)C(c2cccc(C(F)(F)F)c2)NC(=O)N1. The number of hydrogen-bond donors (Lipinski definition) is 2. The van der Waals surface area contributed by atoms with Gasteiger partial charge in [-0.15, -0.1) is 11.3 Å². The summed E-state index contributed by atoms with van der Waals surface area (Å²) in [5.74, 6) is 0. The Balaban J connectivity index is 1.76. The van der Waals surface area contributed by atoms with E-state index in [0.717, 1.165) is 29.0 Å². The summed E-state index contributed by atoms with van der Waals surface area (Å²) < 4.78 is 39.6. The smallest absolute Gasteiger partial charge is 0.327 e. The molecule has 0 radical (unpaired) electrons. The maximum Gasteiger partial charge on any atom is 0.416 e. The summed E-state index contributed by atoms with van der Waals surface area (Å²) in [6.07, 6.45) is -4.47. The number of urea groups is 1. The molecule has 4 rings (SSSR count). The summed E-state index contributed by atoms with van der Waals surface area (Å²) >= 11 is 1.39. The molecule has 0 spiro atoms. The van der Waals surface area contributed by atoms with E-state index in [-0.39, 0.29) is 0 Å². The maximum absolute atomic E-state index is 13.2. The van der Waals surface area contributed by atoms with Crippen molar-refractivity contribution in [2.75, 3.05) is 0 Å². The number of nitrogens with one attached hydrogen (secondary N) is 2. The van der Waals surface area contributed by atoms with Gasteiger partial charge in [0.1, 0.15) is 5.01 Å². The fourth-order valence-electron chi connectivity index (χ4n) is 3.38. The van der Waals surface area contributed by atoms with Crippen LogP contribution >= 0.6 is 11.3 Å². The minimum Gasteiger partial charge on any atom is -0.327 e. The number of hydrogen-bond acceptors (Lipinski definition) is 3. The van der Waals surface area contributed by atoms with Gasteiger partial charge in [0.25, 0.3) is 0 Å². The van der Waals surface area contributed by atoms with E-state index in [1.165, 1.54) is 17.4 Å². The maximum atomic E-state index is 13.2. The second kappa shape index (κ2) is 7.60. The Kier molecular flexibility index (Phi) is 5.11. The Bertz CT molecular complexity index is 1130. The van der Waals surface area contributed by atoms with Gasteiger partial charge in [-0.3, -0.25) is 0 Å². The highest BCUT2D eigenvalue weighted by Gasteiger charge is 2.34. The van der Waals surface area contributed by atoms with Crippen LogP contribution in [0.25, 0.3) is 16.8 Å². The molecule has 2 heterocycles. The van der Waals surface area contributed by atoms with Crippen LogP contribution in [0.1, 0.15) is 34.7 Å². The van der Waals surface area contributed by atoms with Crippen molar-refractivity contribution in [2.24, 2.45) is 0 Å². The number of amides is 2. The molecule has 8 heteroatoms. The molecule has 2 amide bonds. The third-order valence-corrected chi connectivity index (χ3v) is 5.77. The first kappa shape index (κ1) is 20.2. The lowest BCUT2D eigenvalue weighted by Crippen LogP contribution is -2.42. The summed E-state index contributed by atoms with van der Waals surface area (Å²) in [6.45, 7) is 3.72. The number of allylic oxidation sites excluding steroid dienone is 1. The highest BCUT2D eigenvalue weighted by atomic mass is 32.1. The van der Waals surface area contributed by atoms with Crippen LogP contribution in [0.3, 0.4) is 0 Å². The lowest BCUT2D eigenvalue weighted by Gasteiger charge is -2.28. The lowest BCUT2D eigenvalue weighted by atomic mass is 9.94. The van der Waals surface area contributed by atoms with Crippen LogP contribution in [-0.4, -0.2) is 11.0 Å². The van der Waals surface area contributed by atoms with Gasteiger partial charge in [-0.25, -0.2) is 9.78 Å². The number of thiazole rings is 1. The summed E-state index contributed by atoms with van der Waals surface area (Å²) in [6, 6.07) is 11.7. The third-order valence-electron chi connectivity index (χ3n) is 4.90. The van der Waals surface area contributed by atoms with E-state index in [4.69, 9.17) is 4.98 Å². The molecule has 0 saturated carbocycles. The van der Waals surface area contributed by atoms with E-state index in [0.29, 0.717) is 21.8 Å². The predicted octanol–water partition coefficient (Wildman–Crippen LogP) is 5.92. The molecule has 4 nitrogen and oxygen atoms in total. The third kappa shape index (κ3) is 3.95. The standard InChI is InChI=1S/C22H18F3N3OS/c1-12-6-8-14(9-7-12)17-11-30-20(27-17)18-13(2)26-21(29)28-19(18)15-4-3-5-16(10-15)22(23,24)25/h3-11,19H,1-2H3,(H2,26,28,29). The zero-order valence-electron chi connectivity index (χ0n) is 16.2. The minimum absolute atomic E-state index is 0.348. The van der Waals surface area contributed by atoms with Gasteiger partial charge in [-0.2, -0.15) is 13.2 Å². The van der Waals surface area contributed by atoms with E-state index >= 15 is 0 Å². The second-order valence-electron chi connectivity index (χ2n) is 7.10. The molecule has 2 aromatic carbocycles. The van der Waals surface area contributed by atoms with Gasteiger partial charge in [-0.05, 0) is 31.5 Å². The van der Waals surface area contributed by atoms with Gasteiger partial charge in [0.15, 0.2) is 0 Å². The summed E-state index contributed by atoms with van der Waals surface area (Å²) in [4.78, 5) is 16.8. The zero-order valence-corrected chi connectivity index (χ0v) is 17.0. The van der Waals surface area contributed by atoms with Crippen molar-refractivity contribution in [3.8, 4) is 11.3 Å². The van der Waals surface area contributed by atoms with Crippen molar-refractivity contribution in [1.29, 1.82) is 0 Å². The quantitative estimate of drug-likeness (QED) is 0.543. The molecule has 0 fully saturated rings. The van der Waals surface area contributed by atoms with Crippen molar-refractivity contribution in [1.82, 2.24) is 15.6 Å². The van der Waals surface area contributed by atoms with Crippen molar-refractivity contribution < 1.29 is 18.0 Å². The number of rotatable bonds is 3. The number of carbonyl (C=O) groups is 1. The van der Waals surface area contributed by atoms with Gasteiger partial charge in [0.05, 0.1) is 17.3 Å². The molecule has 1 aliphatic heterocycles. The fraction of sp³-hybridized carbons (Fsp3) is 0.182. The Morgan fingerprint density at radius 1 is 1.07 bits per heavy atom. The van der Waals surface area contributed by atoms with Crippen LogP contribution in [0.5, 0.6) is 0 Å². The van der Waals surface area contributed by atoms with E-state index in [9.17, 15) is 18.0 Å². The Hall–Kier alpha value is -3.13. The van der Waals surface area contributed by atoms with Gasteiger partial charge in [0.2, 0.25) is 0 Å². The average molecular weight is 429 g/mol. The number of halogens is 3. The van der Waals surface area contributed by atoms with Gasteiger partial charge in [0, 0.05) is 22.2 Å². The first-order chi connectivity index (χ1) is 14.2. The lowest BCUT2D eigenvalue weighted by molar-refractivity contribution is -0.137. The van der Waals surface area contributed by atoms with Crippen molar-refractivity contribution >= 4 is 22.9 Å². The molecule has 0 bridgehead atoms. The average Bonchev–Trinajstić information content (AvgIpc) is 3.17. The van der Waals surface area contributed by atoms with Crippen LogP contribution in [0, 0.1) is 6.92 Å². The van der Waals surface area contributed by atoms with Crippen LogP contribution in [0.15, 0.2) is 59.6 Å². The van der Waals surface area contributed by atoms with Crippen molar-refractivity contribution in [3.63, 3.8) is 0 Å². The molecule has 0 saturated heterocycles. The van der Waals surface area contributed by atoms with Crippen LogP contribution < -0.4 is 10.6 Å². The topological polar surface area (TPSA) is 54.0 Å². The summed E-state index contributed by atoms with van der Waals surface area (Å²) in [5.41, 5.74) is 3.66. The largest absolute Gasteiger partial charge is 0.416 e. The van der Waals surface area contributed by atoms with E-state index in [1.807, 2.05) is 36.6 Å². The fourth-order valence-corrected chi connectivity index (χ4v) is 4.34. The number of nitrogens with zero attached hydrogens (tertiary/aromatic N) is 1. The molecule has 30 heavy (non-hydrogen) atoms. The number of carbonyl (C=O) groups excluding carboxylic acids is 1. The van der Waals surface area contributed by atoms with Crippen LogP contribution in [-0.2, 0) is 6.18 Å². The van der Waals surface area contributed by atoms with E-state index < -0.39 is 23.8 Å². The highest BCUT2D eigenvalue weighted by molar-refractivity contribution is 7.11. The second-order valence-corrected chi connectivity index (χ2v) is 7.96. The van der Waals surface area contributed by atoms with Gasteiger partial charge < -0.3 is 10.6 Å². The van der Waals surface area contributed by atoms with E-state index in [1.54, 1.807) is 13.0 Å². The first-order valence-electron chi connectivity index (χ1n) is 9.21. The number of alkyl halides is 3. The number of benzene rings is 2. The van der Waals surface area contributed by atoms with Crippen LogP contribution in [0.4, 0.5) is 18.0 Å². The number of aryl methyl sites for hydroxylation is 1. The molecular weight excluding hydrogens is 411 g/mol. The Morgan fingerprint density at radius 3 is 2.50 bits per heavy atom. The van der Waals surface area contributed by atoms with Crippen molar-refractivity contribution in [3.05, 3.63) is 81.3 Å². The molecule has 1 aromatic heterocycles. The zero-order chi connectivity index (χ0) is 21.5. The van der Waals surface area contributed by atoms with E-state index in [2.05, 4.69) is 10.6 Å². The van der Waals surface area contributed by atoms with Crippen LogP contribution in [0.2, 0.25) is 0 Å². The monoisotopic (exact) mass is 429 g/mol. The number of aromatic nitrogens is 1. The van der Waals surface area contributed by atoms with Gasteiger partial charge in [-0.1, -0.05) is 42.0 Å². The molecule has 154 valence electrons.